The van der Waals surface area contributed by atoms with Gasteiger partial charge in [-0.05, 0) is 23.8 Å². The van der Waals surface area contributed by atoms with E-state index in [1.807, 2.05) is 30.3 Å². The Kier molecular flexibility index (Phi) is 3.50. The summed E-state index contributed by atoms with van der Waals surface area (Å²) in [5, 5.41) is 13.0. The summed E-state index contributed by atoms with van der Waals surface area (Å²) in [5.41, 5.74) is 4.51. The van der Waals surface area contributed by atoms with Gasteiger partial charge in [0.15, 0.2) is 0 Å². The van der Waals surface area contributed by atoms with Gasteiger partial charge in [-0.15, -0.1) is 0 Å². The van der Waals surface area contributed by atoms with Crippen molar-refractivity contribution in [2.24, 2.45) is 0 Å². The minimum Gasteiger partial charge on any atom is -0.507 e. The number of carbonyl (C=O) groups excluding carboxylic acids is 1. The summed E-state index contributed by atoms with van der Waals surface area (Å²) >= 11 is 0. The Labute approximate surface area is 140 Å². The fourth-order valence-corrected chi connectivity index (χ4v) is 3.17. The molecule has 2 aliphatic heterocycles. The van der Waals surface area contributed by atoms with Gasteiger partial charge in [-0.3, -0.25) is 4.79 Å². The number of rotatable bonds is 2. The van der Waals surface area contributed by atoms with Crippen LogP contribution < -0.4 is 10.2 Å². The van der Waals surface area contributed by atoms with Gasteiger partial charge in [0.2, 0.25) is 0 Å². The van der Waals surface area contributed by atoms with E-state index >= 15 is 0 Å². The van der Waals surface area contributed by atoms with E-state index in [0.29, 0.717) is 16.8 Å². The largest absolute Gasteiger partial charge is 0.507 e. The summed E-state index contributed by atoms with van der Waals surface area (Å²) in [6.45, 7) is 7.07. The van der Waals surface area contributed by atoms with Crippen LogP contribution in [0.5, 0.6) is 5.75 Å². The van der Waals surface area contributed by atoms with Crippen molar-refractivity contribution in [2.45, 2.75) is 0 Å². The van der Waals surface area contributed by atoms with Gasteiger partial charge in [0.05, 0.1) is 18.9 Å². The van der Waals surface area contributed by atoms with E-state index in [2.05, 4.69) is 16.8 Å². The highest BCUT2D eigenvalue weighted by atomic mass is 16.5. The van der Waals surface area contributed by atoms with Crippen LogP contribution in [0.15, 0.2) is 43.0 Å². The number of aromatic hydroxyl groups is 1. The van der Waals surface area contributed by atoms with Crippen molar-refractivity contribution in [3.05, 3.63) is 48.5 Å². The van der Waals surface area contributed by atoms with Gasteiger partial charge >= 0.3 is 0 Å². The third-order valence-electron chi connectivity index (χ3n) is 4.54. The Balaban J connectivity index is 1.67. The Morgan fingerprint density at radius 3 is 2.50 bits per heavy atom. The summed E-state index contributed by atoms with van der Waals surface area (Å²) in [4.78, 5) is 14.0. The first-order valence-corrected chi connectivity index (χ1v) is 7.94. The van der Waals surface area contributed by atoms with Crippen LogP contribution in [0.4, 0.5) is 11.4 Å². The molecule has 0 saturated carbocycles. The first-order chi connectivity index (χ1) is 11.6. The molecule has 24 heavy (non-hydrogen) atoms. The number of phenolic OH excluding ortho intramolecular Hbond substituents is 1. The fourth-order valence-electron chi connectivity index (χ4n) is 3.17. The number of ether oxygens (including phenoxy) is 1. The lowest BCUT2D eigenvalue weighted by Crippen LogP contribution is -2.36. The molecule has 5 nitrogen and oxygen atoms in total. The summed E-state index contributed by atoms with van der Waals surface area (Å²) in [6.07, 6.45) is 0. The van der Waals surface area contributed by atoms with Gasteiger partial charge in [0, 0.05) is 41.5 Å². The van der Waals surface area contributed by atoms with E-state index in [9.17, 15) is 9.90 Å². The molecule has 5 heteroatoms. The molecule has 2 heterocycles. The van der Waals surface area contributed by atoms with Crippen molar-refractivity contribution < 1.29 is 14.6 Å². The number of hydrogen-bond donors (Lipinski definition) is 2. The summed E-state index contributed by atoms with van der Waals surface area (Å²) in [6, 6.07) is 11.5. The Bertz CT molecular complexity index is 821. The Morgan fingerprint density at radius 2 is 1.79 bits per heavy atom. The zero-order valence-corrected chi connectivity index (χ0v) is 13.2. The average molecular weight is 322 g/mol. The molecular formula is C19H18N2O3. The maximum absolute atomic E-state index is 11.7. The molecule has 0 unspecified atom stereocenters. The molecule has 122 valence electrons. The lowest BCUT2D eigenvalue weighted by molar-refractivity contribution is -0.110. The zero-order valence-electron chi connectivity index (χ0n) is 13.2. The molecule has 0 spiro atoms. The van der Waals surface area contributed by atoms with Crippen molar-refractivity contribution in [1.82, 2.24) is 0 Å². The molecule has 0 aromatic heterocycles. The van der Waals surface area contributed by atoms with Crippen molar-refractivity contribution in [1.29, 1.82) is 0 Å². The number of amides is 1. The molecule has 2 aromatic carbocycles. The third-order valence-corrected chi connectivity index (χ3v) is 4.54. The van der Waals surface area contributed by atoms with E-state index in [0.717, 1.165) is 43.1 Å². The molecule has 2 aromatic rings. The second kappa shape index (κ2) is 5.69. The molecule has 1 amide bonds. The van der Waals surface area contributed by atoms with E-state index in [1.54, 1.807) is 6.07 Å². The van der Waals surface area contributed by atoms with Gasteiger partial charge in [-0.25, -0.2) is 0 Å². The molecule has 0 bridgehead atoms. The number of anilines is 2. The van der Waals surface area contributed by atoms with Crippen molar-refractivity contribution >= 4 is 22.9 Å². The third kappa shape index (κ3) is 2.43. The number of morpholine rings is 1. The van der Waals surface area contributed by atoms with Crippen LogP contribution in [0.1, 0.15) is 5.56 Å². The van der Waals surface area contributed by atoms with Gasteiger partial charge < -0.3 is 20.1 Å². The van der Waals surface area contributed by atoms with Crippen LogP contribution in [0.25, 0.3) is 16.7 Å². The van der Waals surface area contributed by atoms with Crippen LogP contribution in [0, 0.1) is 0 Å². The second-order valence-electron chi connectivity index (χ2n) is 5.99. The second-order valence-corrected chi connectivity index (χ2v) is 5.99. The van der Waals surface area contributed by atoms with Crippen LogP contribution >= 0.6 is 0 Å². The SMILES string of the molecule is C=C1C(=O)Nc2cc(O)c(-c3ccc(N4CCOCC4)cc3)cc21. The Hall–Kier alpha value is -2.79. The number of carbonyl (C=O) groups is 1. The normalized spacial score (nSPS) is 16.9. The first kappa shape index (κ1) is 14.8. The zero-order chi connectivity index (χ0) is 16.7. The van der Waals surface area contributed by atoms with Gasteiger partial charge in [0.25, 0.3) is 5.91 Å². The van der Waals surface area contributed by atoms with Crippen LogP contribution in [-0.4, -0.2) is 37.3 Å². The first-order valence-electron chi connectivity index (χ1n) is 7.94. The standard InChI is InChI=1S/C19H18N2O3/c1-12-15-10-16(18(22)11-17(15)20-19(12)23)13-2-4-14(5-3-13)21-6-8-24-9-7-21/h2-5,10-11,22H,1,6-9H2,(H,20,23). The van der Waals surface area contributed by atoms with Gasteiger partial charge in [-0.2, -0.15) is 0 Å². The molecule has 0 aliphatic carbocycles. The molecule has 4 rings (SSSR count). The predicted molar refractivity (Wildman–Crippen MR) is 94.2 cm³/mol. The maximum Gasteiger partial charge on any atom is 0.255 e. The van der Waals surface area contributed by atoms with Gasteiger partial charge in [-0.1, -0.05) is 18.7 Å². The number of fused-ring (bicyclic) bond motifs is 1. The monoisotopic (exact) mass is 322 g/mol. The highest BCUT2D eigenvalue weighted by Gasteiger charge is 2.24. The van der Waals surface area contributed by atoms with E-state index in [1.165, 1.54) is 0 Å². The summed E-state index contributed by atoms with van der Waals surface area (Å²) in [7, 11) is 0. The lowest BCUT2D eigenvalue weighted by Gasteiger charge is -2.29. The number of nitrogens with one attached hydrogen (secondary N) is 1. The van der Waals surface area contributed by atoms with Gasteiger partial charge in [0.1, 0.15) is 5.75 Å². The van der Waals surface area contributed by atoms with E-state index in [-0.39, 0.29) is 11.7 Å². The number of benzene rings is 2. The van der Waals surface area contributed by atoms with Crippen molar-refractivity contribution in [3.63, 3.8) is 0 Å². The van der Waals surface area contributed by atoms with Crippen LogP contribution in [-0.2, 0) is 9.53 Å². The predicted octanol–water partition coefficient (Wildman–Crippen LogP) is 2.86. The molecule has 0 radical (unpaired) electrons. The highest BCUT2D eigenvalue weighted by Crippen LogP contribution is 2.40. The Morgan fingerprint density at radius 1 is 1.08 bits per heavy atom. The lowest BCUT2D eigenvalue weighted by atomic mass is 9.98. The molecule has 2 N–H and O–H groups in total. The molecule has 1 saturated heterocycles. The van der Waals surface area contributed by atoms with Crippen LogP contribution in [0.3, 0.4) is 0 Å². The molecule has 0 atom stereocenters. The number of hydrogen-bond acceptors (Lipinski definition) is 4. The highest BCUT2D eigenvalue weighted by molar-refractivity contribution is 6.31. The van der Waals surface area contributed by atoms with Crippen molar-refractivity contribution in [2.75, 3.05) is 36.5 Å². The van der Waals surface area contributed by atoms with E-state index < -0.39 is 0 Å². The minimum absolute atomic E-state index is 0.142. The average Bonchev–Trinajstić information content (AvgIpc) is 2.89. The van der Waals surface area contributed by atoms with Crippen LogP contribution in [0.2, 0.25) is 0 Å². The summed E-state index contributed by atoms with van der Waals surface area (Å²) < 4.78 is 5.37. The smallest absolute Gasteiger partial charge is 0.255 e. The topological polar surface area (TPSA) is 61.8 Å². The minimum atomic E-state index is -0.218. The van der Waals surface area contributed by atoms with E-state index in [4.69, 9.17) is 4.74 Å². The summed E-state index contributed by atoms with van der Waals surface area (Å²) in [5.74, 6) is -0.0768. The molecule has 1 fully saturated rings. The molecular weight excluding hydrogens is 304 g/mol. The number of phenols is 1. The number of nitrogens with zero attached hydrogens (tertiary/aromatic N) is 1. The molecule has 2 aliphatic rings. The fraction of sp³-hybridized carbons (Fsp3) is 0.211. The van der Waals surface area contributed by atoms with Crippen molar-refractivity contribution in [3.8, 4) is 16.9 Å². The maximum atomic E-state index is 11.7. The quantitative estimate of drug-likeness (QED) is 0.835.